The van der Waals surface area contributed by atoms with E-state index in [4.69, 9.17) is 9.26 Å². The van der Waals surface area contributed by atoms with Crippen LogP contribution >= 0.6 is 0 Å². The average Bonchev–Trinajstić information content (AvgIpc) is 2.93. The molecule has 0 amide bonds. The van der Waals surface area contributed by atoms with Gasteiger partial charge < -0.3 is 9.26 Å². The summed E-state index contributed by atoms with van der Waals surface area (Å²) >= 11 is 0. The molecule has 0 aliphatic heterocycles. The van der Waals surface area contributed by atoms with Gasteiger partial charge in [-0.05, 0) is 27.7 Å². The van der Waals surface area contributed by atoms with E-state index in [9.17, 15) is 4.79 Å². The number of aromatic nitrogens is 4. The van der Waals surface area contributed by atoms with Gasteiger partial charge in [0.25, 0.3) is 0 Å². The molecule has 20 heavy (non-hydrogen) atoms. The summed E-state index contributed by atoms with van der Waals surface area (Å²) in [7, 11) is 1.38. The second-order valence-electron chi connectivity index (χ2n) is 4.72. The molecule has 0 aliphatic rings. The molecule has 1 atom stereocenters. The molecule has 7 heteroatoms. The lowest BCUT2D eigenvalue weighted by atomic mass is 9.99. The van der Waals surface area contributed by atoms with Crippen LogP contribution < -0.4 is 0 Å². The number of carbonyl (C=O) groups is 1. The predicted molar refractivity (Wildman–Crippen MR) is 70.3 cm³/mol. The van der Waals surface area contributed by atoms with Crippen molar-refractivity contribution in [1.82, 2.24) is 19.9 Å². The van der Waals surface area contributed by atoms with Crippen molar-refractivity contribution in [3.05, 3.63) is 28.7 Å². The fraction of sp³-hybridized carbons (Fsp3) is 0.538. The number of hydrogen-bond donors (Lipinski definition) is 0. The third-order valence-electron chi connectivity index (χ3n) is 3.28. The normalized spacial score (nSPS) is 12.4. The van der Waals surface area contributed by atoms with Gasteiger partial charge in [-0.15, -0.1) is 0 Å². The van der Waals surface area contributed by atoms with Gasteiger partial charge in [-0.1, -0.05) is 5.16 Å². The Kier molecular flexibility index (Phi) is 3.87. The fourth-order valence-corrected chi connectivity index (χ4v) is 2.32. The third kappa shape index (κ3) is 2.56. The first-order valence-electron chi connectivity index (χ1n) is 6.35. The Morgan fingerprint density at radius 1 is 1.40 bits per heavy atom. The zero-order valence-electron chi connectivity index (χ0n) is 12.3. The van der Waals surface area contributed by atoms with E-state index in [1.165, 1.54) is 7.11 Å². The van der Waals surface area contributed by atoms with E-state index in [-0.39, 0.29) is 11.9 Å². The predicted octanol–water partition coefficient (Wildman–Crippen LogP) is 1.52. The molecular weight excluding hydrogens is 260 g/mol. The SMILES string of the molecule is COC(=O)C(C)c1c(C)nn(Cc2nc(C)no2)c1C. The topological polar surface area (TPSA) is 83.0 Å². The Morgan fingerprint density at radius 3 is 2.65 bits per heavy atom. The zero-order chi connectivity index (χ0) is 14.9. The maximum atomic E-state index is 11.7. The molecule has 0 aliphatic carbocycles. The van der Waals surface area contributed by atoms with Gasteiger partial charge in [0.1, 0.15) is 6.54 Å². The van der Waals surface area contributed by atoms with E-state index in [0.717, 1.165) is 17.0 Å². The molecule has 108 valence electrons. The number of hydrogen-bond acceptors (Lipinski definition) is 6. The first-order valence-corrected chi connectivity index (χ1v) is 6.35. The van der Waals surface area contributed by atoms with Gasteiger partial charge in [0.2, 0.25) is 5.89 Å². The van der Waals surface area contributed by atoms with E-state index in [1.54, 1.807) is 11.6 Å². The Balaban J connectivity index is 2.31. The lowest BCUT2D eigenvalue weighted by Gasteiger charge is -2.09. The molecule has 0 bridgehead atoms. The van der Waals surface area contributed by atoms with E-state index < -0.39 is 0 Å². The van der Waals surface area contributed by atoms with Crippen LogP contribution in [-0.2, 0) is 16.1 Å². The van der Waals surface area contributed by atoms with Crippen molar-refractivity contribution in [3.8, 4) is 0 Å². The van der Waals surface area contributed by atoms with Crippen LogP contribution in [0.3, 0.4) is 0 Å². The summed E-state index contributed by atoms with van der Waals surface area (Å²) in [5.74, 6) is 0.456. The van der Waals surface area contributed by atoms with Crippen LogP contribution in [0.5, 0.6) is 0 Å². The highest BCUT2D eigenvalue weighted by atomic mass is 16.5. The minimum absolute atomic E-state index is 0.274. The molecule has 0 fully saturated rings. The first-order chi connectivity index (χ1) is 9.43. The highest BCUT2D eigenvalue weighted by molar-refractivity contribution is 5.78. The molecule has 0 spiro atoms. The molecule has 0 radical (unpaired) electrons. The van der Waals surface area contributed by atoms with E-state index >= 15 is 0 Å². The second kappa shape index (κ2) is 5.44. The molecule has 1 unspecified atom stereocenters. The molecule has 0 saturated heterocycles. The van der Waals surface area contributed by atoms with E-state index in [2.05, 4.69) is 15.2 Å². The van der Waals surface area contributed by atoms with Gasteiger partial charge in [-0.2, -0.15) is 10.1 Å². The molecular formula is C13H18N4O3. The van der Waals surface area contributed by atoms with Gasteiger partial charge in [-0.25, -0.2) is 0 Å². The summed E-state index contributed by atoms with van der Waals surface area (Å²) in [6, 6.07) is 0. The number of aryl methyl sites for hydroxylation is 2. The van der Waals surface area contributed by atoms with Crippen LogP contribution in [-0.4, -0.2) is 33.0 Å². The molecule has 0 saturated carbocycles. The third-order valence-corrected chi connectivity index (χ3v) is 3.28. The quantitative estimate of drug-likeness (QED) is 0.788. The number of rotatable bonds is 4. The van der Waals surface area contributed by atoms with Gasteiger partial charge in [0.15, 0.2) is 5.82 Å². The molecule has 0 N–H and O–H groups in total. The fourth-order valence-electron chi connectivity index (χ4n) is 2.32. The van der Waals surface area contributed by atoms with Crippen LogP contribution in [0.15, 0.2) is 4.52 Å². The maximum Gasteiger partial charge on any atom is 0.312 e. The van der Waals surface area contributed by atoms with Gasteiger partial charge in [0.05, 0.1) is 18.7 Å². The van der Waals surface area contributed by atoms with Crippen LogP contribution in [0.25, 0.3) is 0 Å². The van der Waals surface area contributed by atoms with Crippen molar-refractivity contribution in [2.24, 2.45) is 0 Å². The van der Waals surface area contributed by atoms with Crippen LogP contribution in [0, 0.1) is 20.8 Å². The zero-order valence-corrected chi connectivity index (χ0v) is 12.3. The smallest absolute Gasteiger partial charge is 0.312 e. The maximum absolute atomic E-state index is 11.7. The Morgan fingerprint density at radius 2 is 2.10 bits per heavy atom. The molecule has 2 aromatic rings. The molecule has 2 rings (SSSR count). The highest BCUT2D eigenvalue weighted by Crippen LogP contribution is 2.24. The first kappa shape index (κ1) is 14.2. The largest absolute Gasteiger partial charge is 0.469 e. The highest BCUT2D eigenvalue weighted by Gasteiger charge is 2.24. The molecule has 2 heterocycles. The van der Waals surface area contributed by atoms with Crippen molar-refractivity contribution in [1.29, 1.82) is 0 Å². The summed E-state index contributed by atoms with van der Waals surface area (Å²) in [6.45, 7) is 7.75. The van der Waals surface area contributed by atoms with Crippen molar-refractivity contribution >= 4 is 5.97 Å². The second-order valence-corrected chi connectivity index (χ2v) is 4.72. The number of ether oxygens (including phenoxy) is 1. The number of esters is 1. The lowest BCUT2D eigenvalue weighted by Crippen LogP contribution is -2.13. The summed E-state index contributed by atoms with van der Waals surface area (Å²) in [4.78, 5) is 15.8. The minimum atomic E-state index is -0.349. The van der Waals surface area contributed by atoms with E-state index in [0.29, 0.717) is 18.3 Å². The molecule has 2 aromatic heterocycles. The standard InChI is InChI=1S/C13H18N4O3/c1-7(13(18)19-5)12-8(2)15-17(9(12)3)6-11-14-10(4)16-20-11/h7H,6H2,1-5H3. The minimum Gasteiger partial charge on any atom is -0.469 e. The number of nitrogens with zero attached hydrogens (tertiary/aromatic N) is 4. The van der Waals surface area contributed by atoms with Crippen molar-refractivity contribution in [3.63, 3.8) is 0 Å². The van der Waals surface area contributed by atoms with Crippen molar-refractivity contribution in [2.75, 3.05) is 7.11 Å². The lowest BCUT2D eigenvalue weighted by molar-refractivity contribution is -0.142. The van der Waals surface area contributed by atoms with Crippen LogP contribution in [0.2, 0.25) is 0 Å². The summed E-state index contributed by atoms with van der Waals surface area (Å²) in [5, 5.41) is 8.18. The van der Waals surface area contributed by atoms with Crippen molar-refractivity contribution in [2.45, 2.75) is 40.2 Å². The average molecular weight is 278 g/mol. The number of carbonyl (C=O) groups excluding carboxylic acids is 1. The molecule has 0 aromatic carbocycles. The summed E-state index contributed by atoms with van der Waals surface area (Å²) < 4.78 is 11.6. The van der Waals surface area contributed by atoms with Crippen LogP contribution in [0.1, 0.15) is 41.5 Å². The van der Waals surface area contributed by atoms with Gasteiger partial charge in [-0.3, -0.25) is 9.48 Å². The Hall–Kier alpha value is -2.18. The monoisotopic (exact) mass is 278 g/mol. The van der Waals surface area contributed by atoms with Gasteiger partial charge >= 0.3 is 5.97 Å². The Labute approximate surface area is 116 Å². The van der Waals surface area contributed by atoms with Crippen LogP contribution in [0.4, 0.5) is 0 Å². The van der Waals surface area contributed by atoms with Gasteiger partial charge in [0, 0.05) is 11.3 Å². The van der Waals surface area contributed by atoms with Crippen molar-refractivity contribution < 1.29 is 14.1 Å². The number of methoxy groups -OCH3 is 1. The summed E-state index contributed by atoms with van der Waals surface area (Å²) in [6.07, 6.45) is 0. The van der Waals surface area contributed by atoms with E-state index in [1.807, 2.05) is 20.8 Å². The summed E-state index contributed by atoms with van der Waals surface area (Å²) in [5.41, 5.74) is 2.58. The molecule has 7 nitrogen and oxygen atoms in total. The Bertz CT molecular complexity index is 630.